The molecule has 1 aliphatic heterocycles. The van der Waals surface area contributed by atoms with E-state index in [9.17, 15) is 14.7 Å². The minimum atomic E-state index is -0.762. The van der Waals surface area contributed by atoms with Gasteiger partial charge in [0.15, 0.2) is 17.3 Å². The molecule has 2 aliphatic rings. The molecule has 0 fully saturated rings. The Bertz CT molecular complexity index is 881. The van der Waals surface area contributed by atoms with E-state index in [1.165, 1.54) is 7.11 Å². The average Bonchev–Trinajstić information content (AvgIpc) is 2.59. The van der Waals surface area contributed by atoms with Crippen LogP contribution >= 0.6 is 0 Å². The lowest BCUT2D eigenvalue weighted by Crippen LogP contribution is -2.39. The van der Waals surface area contributed by atoms with Gasteiger partial charge in [0, 0.05) is 34.9 Å². The van der Waals surface area contributed by atoms with E-state index >= 15 is 0 Å². The number of methoxy groups -OCH3 is 1. The van der Waals surface area contributed by atoms with Crippen LogP contribution in [0.15, 0.2) is 34.5 Å². The smallest absolute Gasteiger partial charge is 0.315 e. The summed E-state index contributed by atoms with van der Waals surface area (Å²) in [4.78, 5) is 30.6. The Morgan fingerprint density at radius 3 is 2.68 bits per heavy atom. The van der Waals surface area contributed by atoms with Crippen molar-refractivity contribution in [3.63, 3.8) is 0 Å². The van der Waals surface area contributed by atoms with Crippen molar-refractivity contribution in [1.29, 1.82) is 0 Å². The van der Waals surface area contributed by atoms with E-state index in [0.29, 0.717) is 41.1 Å². The maximum Gasteiger partial charge on any atom is 0.315 e. The Balaban J connectivity index is 2.23. The van der Waals surface area contributed by atoms with Gasteiger partial charge in [-0.3, -0.25) is 14.6 Å². The van der Waals surface area contributed by atoms with E-state index in [2.05, 4.69) is 4.99 Å². The molecular weight excluding hydrogens is 358 g/mol. The SMILES string of the molecule is CCOC(=O)C1C(C)=NC2=C(C(=O)CC(C)(C)C2)[C@H]1c1cccc(OC)c1O. The summed E-state index contributed by atoms with van der Waals surface area (Å²) in [5.41, 5.74) is 2.08. The highest BCUT2D eigenvalue weighted by Gasteiger charge is 2.47. The van der Waals surface area contributed by atoms with Crippen LogP contribution in [-0.4, -0.2) is 36.3 Å². The van der Waals surface area contributed by atoms with E-state index in [1.807, 2.05) is 13.8 Å². The molecule has 0 saturated heterocycles. The molecule has 1 aromatic carbocycles. The number of nitrogens with zero attached hydrogens (tertiary/aromatic N) is 1. The van der Waals surface area contributed by atoms with Crippen molar-refractivity contribution in [2.75, 3.05) is 13.7 Å². The summed E-state index contributed by atoms with van der Waals surface area (Å²) in [6.07, 6.45) is 1.01. The van der Waals surface area contributed by atoms with Gasteiger partial charge in [-0.25, -0.2) is 0 Å². The Morgan fingerprint density at radius 1 is 1.32 bits per heavy atom. The predicted molar refractivity (Wildman–Crippen MR) is 106 cm³/mol. The number of aliphatic imine (C=N–C) groups is 1. The number of carbonyl (C=O) groups is 2. The third-order valence-electron chi connectivity index (χ3n) is 5.43. The van der Waals surface area contributed by atoms with Crippen LogP contribution in [-0.2, 0) is 14.3 Å². The number of allylic oxidation sites excluding steroid dienone is 2. The van der Waals surface area contributed by atoms with Crippen LogP contribution in [0.25, 0.3) is 0 Å². The molecule has 1 N–H and O–H groups in total. The molecular formula is C22H27NO5. The normalized spacial score (nSPS) is 23.8. The van der Waals surface area contributed by atoms with Crippen molar-refractivity contribution >= 4 is 17.5 Å². The Hall–Kier alpha value is -2.63. The molecule has 1 aliphatic carbocycles. The van der Waals surface area contributed by atoms with Crippen LogP contribution < -0.4 is 4.74 Å². The fourth-order valence-electron chi connectivity index (χ4n) is 4.27. The fraction of sp³-hybridized carbons (Fsp3) is 0.500. The summed E-state index contributed by atoms with van der Waals surface area (Å²) in [5.74, 6) is -1.66. The van der Waals surface area contributed by atoms with Crippen molar-refractivity contribution in [2.45, 2.75) is 46.5 Å². The third-order valence-corrected chi connectivity index (χ3v) is 5.43. The zero-order valence-corrected chi connectivity index (χ0v) is 17.0. The van der Waals surface area contributed by atoms with Gasteiger partial charge in [-0.05, 0) is 31.7 Å². The number of Topliss-reactive ketones (excluding diaryl/α,β-unsaturated/α-hetero) is 1. The number of phenolic OH excluding ortho intramolecular Hbond substituents is 1. The zero-order valence-electron chi connectivity index (χ0n) is 17.0. The zero-order chi connectivity index (χ0) is 20.6. The minimum Gasteiger partial charge on any atom is -0.504 e. The number of ether oxygens (including phenoxy) is 2. The number of benzene rings is 1. The number of rotatable bonds is 4. The van der Waals surface area contributed by atoms with E-state index in [4.69, 9.17) is 9.47 Å². The second-order valence-corrected chi connectivity index (χ2v) is 8.16. The number of hydrogen-bond acceptors (Lipinski definition) is 6. The molecule has 28 heavy (non-hydrogen) atoms. The molecule has 3 rings (SSSR count). The highest BCUT2D eigenvalue weighted by Crippen LogP contribution is 2.50. The molecule has 0 bridgehead atoms. The lowest BCUT2D eigenvalue weighted by atomic mass is 9.66. The second kappa shape index (κ2) is 7.41. The number of carbonyl (C=O) groups excluding carboxylic acids is 2. The van der Waals surface area contributed by atoms with Gasteiger partial charge < -0.3 is 14.6 Å². The van der Waals surface area contributed by atoms with Crippen LogP contribution in [0.5, 0.6) is 11.5 Å². The minimum absolute atomic E-state index is 0.0379. The molecule has 1 unspecified atom stereocenters. The molecule has 1 heterocycles. The van der Waals surface area contributed by atoms with Crippen LogP contribution in [0.2, 0.25) is 0 Å². The highest BCUT2D eigenvalue weighted by molar-refractivity contribution is 6.09. The van der Waals surface area contributed by atoms with Gasteiger partial charge in [-0.15, -0.1) is 0 Å². The number of phenols is 1. The van der Waals surface area contributed by atoms with Crippen molar-refractivity contribution < 1.29 is 24.2 Å². The van der Waals surface area contributed by atoms with Crippen molar-refractivity contribution in [3.05, 3.63) is 35.0 Å². The van der Waals surface area contributed by atoms with Crippen LogP contribution in [0, 0.1) is 11.3 Å². The van der Waals surface area contributed by atoms with Crippen LogP contribution in [0.4, 0.5) is 0 Å². The van der Waals surface area contributed by atoms with Gasteiger partial charge >= 0.3 is 5.97 Å². The van der Waals surface area contributed by atoms with Crippen LogP contribution in [0.1, 0.15) is 52.0 Å². The topological polar surface area (TPSA) is 85.2 Å². The molecule has 6 heteroatoms. The molecule has 0 aromatic heterocycles. The largest absolute Gasteiger partial charge is 0.504 e. The van der Waals surface area contributed by atoms with Gasteiger partial charge in [-0.2, -0.15) is 0 Å². The van der Waals surface area contributed by atoms with E-state index < -0.39 is 17.8 Å². The standard InChI is InChI=1S/C22H27NO5/c1-6-28-21(26)17-12(2)23-14-10-22(3,4)11-15(24)19(14)18(17)13-8-7-9-16(27-5)20(13)25/h7-9,17-18,25H,6,10-11H2,1-5H3/t17?,18-/m0/s1. The number of hydrogen-bond donors (Lipinski definition) is 1. The third kappa shape index (κ3) is 3.43. The molecule has 0 radical (unpaired) electrons. The van der Waals surface area contributed by atoms with Gasteiger partial charge in [0.2, 0.25) is 0 Å². The number of esters is 1. The summed E-state index contributed by atoms with van der Waals surface area (Å²) in [5, 5.41) is 10.8. The van der Waals surface area contributed by atoms with E-state index in [-0.39, 0.29) is 23.6 Å². The van der Waals surface area contributed by atoms with Gasteiger partial charge in [0.1, 0.15) is 5.92 Å². The molecule has 6 nitrogen and oxygen atoms in total. The Morgan fingerprint density at radius 2 is 2.04 bits per heavy atom. The Kier molecular flexibility index (Phi) is 5.33. The molecule has 0 amide bonds. The molecule has 1 aromatic rings. The summed E-state index contributed by atoms with van der Waals surface area (Å²) < 4.78 is 10.5. The summed E-state index contributed by atoms with van der Waals surface area (Å²) in [6.45, 7) is 7.82. The van der Waals surface area contributed by atoms with Gasteiger partial charge in [-0.1, -0.05) is 26.0 Å². The molecule has 0 saturated carbocycles. The number of para-hydroxylation sites is 1. The summed E-state index contributed by atoms with van der Waals surface area (Å²) in [6, 6.07) is 5.11. The monoisotopic (exact) mass is 385 g/mol. The quantitative estimate of drug-likeness (QED) is 0.797. The first-order valence-electron chi connectivity index (χ1n) is 9.54. The van der Waals surface area contributed by atoms with Crippen molar-refractivity contribution in [3.8, 4) is 11.5 Å². The maximum absolute atomic E-state index is 13.1. The first kappa shape index (κ1) is 20.1. The second-order valence-electron chi connectivity index (χ2n) is 8.16. The van der Waals surface area contributed by atoms with E-state index in [1.54, 1.807) is 32.0 Å². The maximum atomic E-state index is 13.1. The van der Waals surface area contributed by atoms with Crippen molar-refractivity contribution in [1.82, 2.24) is 0 Å². The molecule has 150 valence electrons. The van der Waals surface area contributed by atoms with E-state index in [0.717, 1.165) is 0 Å². The fourth-order valence-corrected chi connectivity index (χ4v) is 4.27. The van der Waals surface area contributed by atoms with Crippen molar-refractivity contribution in [2.24, 2.45) is 16.3 Å². The lowest BCUT2D eigenvalue weighted by molar-refractivity contribution is -0.146. The first-order chi connectivity index (χ1) is 13.2. The van der Waals surface area contributed by atoms with Gasteiger partial charge in [0.05, 0.1) is 13.7 Å². The summed E-state index contributed by atoms with van der Waals surface area (Å²) in [7, 11) is 1.47. The Labute approximate surface area is 165 Å². The first-order valence-corrected chi connectivity index (χ1v) is 9.54. The van der Waals surface area contributed by atoms with Crippen LogP contribution in [0.3, 0.4) is 0 Å². The lowest BCUT2D eigenvalue weighted by Gasteiger charge is -2.39. The number of aromatic hydroxyl groups is 1. The number of ketones is 1. The van der Waals surface area contributed by atoms with Gasteiger partial charge in [0.25, 0.3) is 0 Å². The summed E-state index contributed by atoms with van der Waals surface area (Å²) >= 11 is 0. The highest BCUT2D eigenvalue weighted by atomic mass is 16.5. The predicted octanol–water partition coefficient (Wildman–Crippen LogP) is 3.78. The average molecular weight is 385 g/mol. The molecule has 0 spiro atoms. The molecule has 2 atom stereocenters.